The van der Waals surface area contributed by atoms with E-state index in [2.05, 4.69) is 26.8 Å². The van der Waals surface area contributed by atoms with Crippen LogP contribution in [0.2, 0.25) is 0 Å². The van der Waals surface area contributed by atoms with Crippen LogP contribution in [-0.2, 0) is 38.3 Å². The minimum atomic E-state index is -1.94. The fraction of sp³-hybridized carbons (Fsp3) is 0.409. The number of ether oxygens (including phenoxy) is 2. The number of nitrogen functional groups attached to an aromatic ring is 1. The smallest absolute Gasteiger partial charge is 0.391 e. The summed E-state index contributed by atoms with van der Waals surface area (Å²) in [6.45, 7) is 8.24. The van der Waals surface area contributed by atoms with Gasteiger partial charge in [0.2, 0.25) is 0 Å². The van der Waals surface area contributed by atoms with Crippen LogP contribution in [0.25, 0.3) is 0 Å². The molecule has 3 rings (SSSR count). The van der Waals surface area contributed by atoms with Crippen molar-refractivity contribution in [3.05, 3.63) is 35.0 Å². The number of hydrogen-bond donors (Lipinski definition) is 3. The standard InChI is InChI=1S/C22H25N5O9S2/c1-6-9-7-37-16-12(15(29)27(16)13(9)17(30)31)25-14(28)11(10-8-38-21(23)24-10)26-36-19(18(32)34-5)35-20(33)22(2,3)4/h6,8,12,16,19H,1,7H2,2-5H3,(H2,23,24)(H,25,28)(H,30,31)/t12?,16-,19?/m0/s1. The second-order valence-corrected chi connectivity index (χ2v) is 10.9. The molecule has 0 spiro atoms. The van der Waals surface area contributed by atoms with Crippen molar-refractivity contribution in [3.63, 3.8) is 0 Å². The van der Waals surface area contributed by atoms with Gasteiger partial charge in [-0.05, 0) is 26.3 Å². The van der Waals surface area contributed by atoms with Gasteiger partial charge in [0.15, 0.2) is 10.8 Å². The molecule has 38 heavy (non-hydrogen) atoms. The number of allylic oxidation sites excluding steroid dienone is 1. The predicted molar refractivity (Wildman–Crippen MR) is 135 cm³/mol. The Balaban J connectivity index is 1.85. The number of nitrogens with zero attached hydrogens (tertiary/aromatic N) is 3. The molecule has 0 aliphatic carbocycles. The number of carbonyl (C=O) groups excluding carboxylic acids is 4. The lowest BCUT2D eigenvalue weighted by atomic mass is 9.97. The van der Waals surface area contributed by atoms with Crippen molar-refractivity contribution >= 4 is 63.7 Å². The lowest BCUT2D eigenvalue weighted by molar-refractivity contribution is -0.204. The number of esters is 2. The van der Waals surface area contributed by atoms with Crippen LogP contribution in [0, 0.1) is 5.41 Å². The maximum absolute atomic E-state index is 13.2. The number of aromatic nitrogens is 1. The van der Waals surface area contributed by atoms with E-state index in [1.807, 2.05) is 0 Å². The zero-order valence-corrected chi connectivity index (χ0v) is 22.4. The number of carboxylic acids is 1. The molecule has 1 aromatic rings. The molecule has 3 heterocycles. The minimum absolute atomic E-state index is 0.0456. The number of β-lactam (4-membered cyclic amide) rings is 1. The van der Waals surface area contributed by atoms with Crippen LogP contribution in [0.3, 0.4) is 0 Å². The first-order chi connectivity index (χ1) is 17.8. The molecule has 3 atom stereocenters. The second kappa shape index (κ2) is 11.2. The monoisotopic (exact) mass is 567 g/mol. The number of fused-ring (bicyclic) bond motifs is 1. The molecule has 1 fully saturated rings. The van der Waals surface area contributed by atoms with Crippen molar-refractivity contribution in [3.8, 4) is 0 Å². The van der Waals surface area contributed by atoms with Crippen molar-refractivity contribution in [2.75, 3.05) is 18.6 Å². The molecule has 0 aromatic carbocycles. The van der Waals surface area contributed by atoms with E-state index in [1.54, 1.807) is 20.8 Å². The van der Waals surface area contributed by atoms with Crippen molar-refractivity contribution < 1.29 is 43.4 Å². The number of amides is 2. The van der Waals surface area contributed by atoms with Gasteiger partial charge in [0.25, 0.3) is 11.8 Å². The predicted octanol–water partition coefficient (Wildman–Crippen LogP) is 0.459. The summed E-state index contributed by atoms with van der Waals surface area (Å²) in [6, 6.07) is -1.09. The normalized spacial score (nSPS) is 20.1. The lowest BCUT2D eigenvalue weighted by Crippen LogP contribution is -2.71. The topological polar surface area (TPSA) is 200 Å². The van der Waals surface area contributed by atoms with Crippen LogP contribution >= 0.6 is 23.1 Å². The third-order valence-electron chi connectivity index (χ3n) is 5.17. The molecule has 4 N–H and O–H groups in total. The summed E-state index contributed by atoms with van der Waals surface area (Å²) in [4.78, 5) is 72.3. The van der Waals surface area contributed by atoms with Gasteiger partial charge >= 0.3 is 24.2 Å². The highest BCUT2D eigenvalue weighted by Gasteiger charge is 2.54. The molecular weight excluding hydrogens is 542 g/mol. The van der Waals surface area contributed by atoms with Crippen LogP contribution in [0.4, 0.5) is 5.13 Å². The van der Waals surface area contributed by atoms with Gasteiger partial charge in [0, 0.05) is 11.1 Å². The Morgan fingerprint density at radius 1 is 1.37 bits per heavy atom. The van der Waals surface area contributed by atoms with E-state index in [-0.39, 0.29) is 22.3 Å². The maximum Gasteiger partial charge on any atom is 0.391 e. The summed E-state index contributed by atoms with van der Waals surface area (Å²) in [6.07, 6.45) is -0.578. The van der Waals surface area contributed by atoms with Crippen molar-refractivity contribution in [1.29, 1.82) is 0 Å². The largest absolute Gasteiger partial charge is 0.477 e. The number of thiazole rings is 1. The summed E-state index contributed by atoms with van der Waals surface area (Å²) in [5.41, 5.74) is 4.33. The van der Waals surface area contributed by atoms with Crippen LogP contribution in [0.15, 0.2) is 34.5 Å². The number of nitrogens with one attached hydrogen (secondary N) is 1. The van der Waals surface area contributed by atoms with Gasteiger partial charge in [-0.25, -0.2) is 14.6 Å². The van der Waals surface area contributed by atoms with Gasteiger partial charge in [0.05, 0.1) is 12.5 Å². The first-order valence-corrected chi connectivity index (χ1v) is 12.8. The number of rotatable bonds is 9. The van der Waals surface area contributed by atoms with Gasteiger partial charge in [-0.3, -0.25) is 19.3 Å². The Morgan fingerprint density at radius 3 is 2.58 bits per heavy atom. The van der Waals surface area contributed by atoms with Gasteiger partial charge in [-0.15, -0.1) is 23.1 Å². The number of hydrogen-bond acceptors (Lipinski definition) is 13. The number of carboxylic acid groups (broad SMARTS) is 1. The maximum atomic E-state index is 13.2. The molecule has 204 valence electrons. The van der Waals surface area contributed by atoms with Crippen LogP contribution in [0.5, 0.6) is 0 Å². The number of anilines is 1. The fourth-order valence-electron chi connectivity index (χ4n) is 3.19. The quantitative estimate of drug-likeness (QED) is 0.123. The second-order valence-electron chi connectivity index (χ2n) is 8.87. The number of aliphatic carboxylic acids is 1. The Morgan fingerprint density at radius 2 is 2.05 bits per heavy atom. The molecular formula is C22H25N5O9S2. The zero-order chi connectivity index (χ0) is 28.4. The SMILES string of the molecule is C=CC1=C(C(=O)O)N2C(=O)C(NC(=O)C(=NOC(OC(=O)C(C)(C)C)C(=O)OC)c3csc(N)n3)[C@@H]2SC1. The third-order valence-corrected chi connectivity index (χ3v) is 7.15. The van der Waals surface area contributed by atoms with E-state index < -0.39 is 58.6 Å². The van der Waals surface area contributed by atoms with Crippen molar-refractivity contribution in [1.82, 2.24) is 15.2 Å². The lowest BCUT2D eigenvalue weighted by Gasteiger charge is -2.49. The Bertz CT molecular complexity index is 1250. The number of oxime groups is 1. The van der Waals surface area contributed by atoms with Crippen LogP contribution in [0.1, 0.15) is 26.5 Å². The van der Waals surface area contributed by atoms with Gasteiger partial charge < -0.3 is 30.5 Å². The number of thioether (sulfide) groups is 1. The Labute approximate surface area is 224 Å². The minimum Gasteiger partial charge on any atom is -0.477 e. The average Bonchev–Trinajstić information content (AvgIpc) is 3.29. The van der Waals surface area contributed by atoms with E-state index in [0.29, 0.717) is 5.57 Å². The van der Waals surface area contributed by atoms with Crippen molar-refractivity contribution in [2.24, 2.45) is 10.6 Å². The Kier molecular flexibility index (Phi) is 8.46. The molecule has 0 radical (unpaired) electrons. The van der Waals surface area contributed by atoms with E-state index in [1.165, 1.54) is 23.2 Å². The first kappa shape index (κ1) is 28.6. The molecule has 2 amide bonds. The molecule has 1 aromatic heterocycles. The van der Waals surface area contributed by atoms with Crippen LogP contribution in [-0.4, -0.2) is 81.0 Å². The molecule has 0 saturated carbocycles. The summed E-state index contributed by atoms with van der Waals surface area (Å²) in [5.74, 6) is -4.53. The molecule has 1 saturated heterocycles. The highest BCUT2D eigenvalue weighted by atomic mass is 32.2. The van der Waals surface area contributed by atoms with Gasteiger partial charge in [-0.2, -0.15) is 0 Å². The van der Waals surface area contributed by atoms with Gasteiger partial charge in [0.1, 0.15) is 22.8 Å². The van der Waals surface area contributed by atoms with Gasteiger partial charge in [-0.1, -0.05) is 17.8 Å². The molecule has 2 aliphatic heterocycles. The molecule has 16 heteroatoms. The third kappa shape index (κ3) is 5.80. The van der Waals surface area contributed by atoms with E-state index >= 15 is 0 Å². The summed E-state index contributed by atoms with van der Waals surface area (Å²) in [5, 5.41) is 16.5. The molecule has 2 unspecified atom stereocenters. The fourth-order valence-corrected chi connectivity index (χ4v) is 5.08. The first-order valence-electron chi connectivity index (χ1n) is 10.9. The van der Waals surface area contributed by atoms with Crippen LogP contribution < -0.4 is 11.1 Å². The number of carbonyl (C=O) groups is 5. The van der Waals surface area contributed by atoms with E-state index in [9.17, 15) is 29.1 Å². The molecule has 2 aliphatic rings. The molecule has 0 bridgehead atoms. The highest BCUT2D eigenvalue weighted by molar-refractivity contribution is 8.00. The zero-order valence-electron chi connectivity index (χ0n) is 20.7. The summed E-state index contributed by atoms with van der Waals surface area (Å²) < 4.78 is 9.63. The Hall–Kier alpha value is -3.92. The average molecular weight is 568 g/mol. The van der Waals surface area contributed by atoms with E-state index in [0.717, 1.165) is 23.3 Å². The highest BCUT2D eigenvalue weighted by Crippen LogP contribution is 2.40. The summed E-state index contributed by atoms with van der Waals surface area (Å²) in [7, 11) is 1.04. The van der Waals surface area contributed by atoms with E-state index in [4.69, 9.17) is 15.3 Å². The number of nitrogens with two attached hydrogens (primary N) is 1. The number of methoxy groups -OCH3 is 1. The molecule has 14 nitrogen and oxygen atoms in total. The van der Waals surface area contributed by atoms with Crippen molar-refractivity contribution in [2.45, 2.75) is 38.5 Å². The summed E-state index contributed by atoms with van der Waals surface area (Å²) >= 11 is 2.23.